The lowest BCUT2D eigenvalue weighted by atomic mass is 9.95. The molecule has 4 rings (SSSR count). The normalized spacial score (nSPS) is 13.1. The van der Waals surface area contributed by atoms with Gasteiger partial charge in [-0.1, -0.05) is 18.2 Å². The van der Waals surface area contributed by atoms with Crippen molar-refractivity contribution in [1.29, 1.82) is 0 Å². The van der Waals surface area contributed by atoms with Gasteiger partial charge in [0.05, 0.1) is 11.9 Å². The van der Waals surface area contributed by atoms with Gasteiger partial charge in [-0.2, -0.15) is 0 Å². The van der Waals surface area contributed by atoms with Gasteiger partial charge < -0.3 is 14.4 Å². The number of ether oxygens (including phenoxy) is 1. The number of fused-ring (bicyclic) bond motifs is 1. The molecule has 28 heavy (non-hydrogen) atoms. The average Bonchev–Trinajstić information content (AvgIpc) is 2.74. The Kier molecular flexibility index (Phi) is 5.28. The van der Waals surface area contributed by atoms with Crippen molar-refractivity contribution in [2.24, 2.45) is 0 Å². The molecule has 5 nitrogen and oxygen atoms in total. The molecular weight excluding hydrogens is 357 g/mol. The van der Waals surface area contributed by atoms with Gasteiger partial charge in [-0.15, -0.1) is 0 Å². The first-order chi connectivity index (χ1) is 13.7. The van der Waals surface area contributed by atoms with E-state index in [-0.39, 0.29) is 5.82 Å². The lowest BCUT2D eigenvalue weighted by molar-refractivity contribution is -0.107. The number of carbonyl (C=O) groups is 1. The van der Waals surface area contributed by atoms with E-state index in [2.05, 4.69) is 28.2 Å². The fourth-order valence-corrected chi connectivity index (χ4v) is 3.45. The molecule has 0 N–H and O–H groups in total. The van der Waals surface area contributed by atoms with Crippen molar-refractivity contribution < 1.29 is 13.9 Å². The minimum atomic E-state index is -0.280. The topological polar surface area (TPSA) is 55.3 Å². The molecule has 0 radical (unpaired) electrons. The predicted octanol–water partition coefficient (Wildman–Crippen LogP) is 4.10. The molecule has 1 aliphatic rings. The van der Waals surface area contributed by atoms with Crippen LogP contribution in [0.2, 0.25) is 0 Å². The molecule has 0 fully saturated rings. The van der Waals surface area contributed by atoms with E-state index in [1.54, 1.807) is 24.5 Å². The van der Waals surface area contributed by atoms with E-state index in [4.69, 9.17) is 4.74 Å². The van der Waals surface area contributed by atoms with Crippen molar-refractivity contribution in [3.8, 4) is 11.6 Å². The van der Waals surface area contributed by atoms with Crippen molar-refractivity contribution in [2.45, 2.75) is 25.8 Å². The smallest absolute Gasteiger partial charge is 0.237 e. The third-order valence-corrected chi connectivity index (χ3v) is 4.85. The lowest BCUT2D eigenvalue weighted by Gasteiger charge is -2.31. The van der Waals surface area contributed by atoms with Crippen LogP contribution in [0.3, 0.4) is 0 Å². The molecule has 3 aromatic rings. The van der Waals surface area contributed by atoms with Crippen LogP contribution in [-0.4, -0.2) is 22.8 Å². The Hall–Kier alpha value is -3.28. The maximum atomic E-state index is 14.5. The van der Waals surface area contributed by atoms with Gasteiger partial charge in [-0.05, 0) is 41.7 Å². The number of halogens is 1. The van der Waals surface area contributed by atoms with Crippen LogP contribution in [0.4, 0.5) is 10.1 Å². The van der Waals surface area contributed by atoms with Crippen LogP contribution in [0.1, 0.15) is 23.1 Å². The number of aromatic nitrogens is 2. The molecule has 2 aromatic carbocycles. The molecule has 0 atom stereocenters. The summed E-state index contributed by atoms with van der Waals surface area (Å²) in [5.74, 6) is 0.608. The van der Waals surface area contributed by atoms with Gasteiger partial charge in [0.1, 0.15) is 17.9 Å². The number of hydrogen-bond acceptors (Lipinski definition) is 5. The van der Waals surface area contributed by atoms with Crippen molar-refractivity contribution in [2.75, 3.05) is 11.4 Å². The quantitative estimate of drug-likeness (QED) is 0.606. The SMILES string of the molecule is O=CCCc1ccc2c(c1)CCN(c1cc(Oc3cnccn3)ccc1F)C2. The van der Waals surface area contributed by atoms with E-state index in [0.717, 1.165) is 25.7 Å². The zero-order valence-corrected chi connectivity index (χ0v) is 15.3. The zero-order valence-electron chi connectivity index (χ0n) is 15.3. The van der Waals surface area contributed by atoms with Crippen molar-refractivity contribution >= 4 is 12.0 Å². The molecule has 0 saturated heterocycles. The molecule has 0 spiro atoms. The van der Waals surface area contributed by atoms with E-state index >= 15 is 0 Å². The van der Waals surface area contributed by atoms with Crippen LogP contribution in [0.25, 0.3) is 0 Å². The summed E-state index contributed by atoms with van der Waals surface area (Å²) >= 11 is 0. The minimum absolute atomic E-state index is 0.280. The van der Waals surface area contributed by atoms with E-state index in [0.29, 0.717) is 30.3 Å². The van der Waals surface area contributed by atoms with E-state index in [1.165, 1.54) is 29.0 Å². The Morgan fingerprint density at radius 1 is 1.14 bits per heavy atom. The van der Waals surface area contributed by atoms with Gasteiger partial charge in [-0.25, -0.2) is 9.37 Å². The number of carbonyl (C=O) groups excluding carboxylic acids is 1. The Balaban J connectivity index is 1.53. The average molecular weight is 377 g/mol. The first kappa shape index (κ1) is 18.1. The highest BCUT2D eigenvalue weighted by Crippen LogP contribution is 2.31. The molecule has 0 amide bonds. The summed E-state index contributed by atoms with van der Waals surface area (Å²) < 4.78 is 20.2. The summed E-state index contributed by atoms with van der Waals surface area (Å²) in [6.07, 6.45) is 7.70. The number of benzene rings is 2. The third kappa shape index (κ3) is 4.01. The number of nitrogens with zero attached hydrogens (tertiary/aromatic N) is 3. The summed E-state index contributed by atoms with van der Waals surface area (Å²) in [5, 5.41) is 0. The van der Waals surface area contributed by atoms with Gasteiger partial charge in [0, 0.05) is 38.0 Å². The van der Waals surface area contributed by atoms with Crippen molar-refractivity contribution in [1.82, 2.24) is 9.97 Å². The van der Waals surface area contributed by atoms with Crippen LogP contribution in [0.5, 0.6) is 11.6 Å². The maximum absolute atomic E-state index is 14.5. The third-order valence-electron chi connectivity index (χ3n) is 4.85. The Morgan fingerprint density at radius 2 is 2.07 bits per heavy atom. The molecule has 142 valence electrons. The Morgan fingerprint density at radius 3 is 2.89 bits per heavy atom. The molecule has 6 heteroatoms. The number of rotatable bonds is 6. The van der Waals surface area contributed by atoms with Crippen LogP contribution >= 0.6 is 0 Å². The summed E-state index contributed by atoms with van der Waals surface area (Å²) in [5.41, 5.74) is 4.13. The van der Waals surface area contributed by atoms with Crippen molar-refractivity contribution in [3.63, 3.8) is 0 Å². The maximum Gasteiger partial charge on any atom is 0.237 e. The van der Waals surface area contributed by atoms with E-state index in [9.17, 15) is 9.18 Å². The molecular formula is C22H20FN3O2. The number of aldehydes is 1. The standard InChI is InChI=1S/C22H20FN3O2/c23-20-6-5-19(28-22-14-24-8-9-25-22)13-21(20)26-10-7-17-12-16(2-1-11-27)3-4-18(17)15-26/h3-6,8-9,11-14H,1-2,7,10,15H2. The molecule has 1 aromatic heterocycles. The Labute approximate surface area is 162 Å². The van der Waals surface area contributed by atoms with Crippen molar-refractivity contribution in [3.05, 3.63) is 77.5 Å². The molecule has 0 bridgehead atoms. The fraction of sp³-hybridized carbons (Fsp3) is 0.227. The molecule has 1 aliphatic heterocycles. The summed E-state index contributed by atoms with van der Waals surface area (Å²) in [6.45, 7) is 1.35. The van der Waals surface area contributed by atoms with Crippen LogP contribution < -0.4 is 9.64 Å². The summed E-state index contributed by atoms with van der Waals surface area (Å²) in [7, 11) is 0. The predicted molar refractivity (Wildman–Crippen MR) is 104 cm³/mol. The number of aryl methyl sites for hydroxylation is 1. The minimum Gasteiger partial charge on any atom is -0.437 e. The largest absolute Gasteiger partial charge is 0.437 e. The van der Waals surface area contributed by atoms with Crippen LogP contribution in [0.15, 0.2) is 55.0 Å². The second-order valence-electron chi connectivity index (χ2n) is 6.74. The molecule has 0 saturated carbocycles. The highest BCUT2D eigenvalue weighted by molar-refractivity contribution is 5.55. The molecule has 0 unspecified atom stereocenters. The van der Waals surface area contributed by atoms with Gasteiger partial charge in [0.25, 0.3) is 0 Å². The summed E-state index contributed by atoms with van der Waals surface area (Å²) in [4.78, 5) is 20.7. The van der Waals surface area contributed by atoms with Gasteiger partial charge in [-0.3, -0.25) is 4.98 Å². The monoisotopic (exact) mass is 377 g/mol. The van der Waals surface area contributed by atoms with E-state index < -0.39 is 0 Å². The second kappa shape index (κ2) is 8.17. The first-order valence-corrected chi connectivity index (χ1v) is 9.25. The van der Waals surface area contributed by atoms with Gasteiger partial charge in [0.2, 0.25) is 5.88 Å². The van der Waals surface area contributed by atoms with Crippen LogP contribution in [-0.2, 0) is 24.2 Å². The zero-order chi connectivity index (χ0) is 19.3. The molecule has 0 aliphatic carbocycles. The Bertz CT molecular complexity index is 979. The fourth-order valence-electron chi connectivity index (χ4n) is 3.45. The number of hydrogen-bond donors (Lipinski definition) is 0. The highest BCUT2D eigenvalue weighted by atomic mass is 19.1. The van der Waals surface area contributed by atoms with Gasteiger partial charge >= 0.3 is 0 Å². The van der Waals surface area contributed by atoms with E-state index in [1.807, 2.05) is 4.90 Å². The second-order valence-corrected chi connectivity index (χ2v) is 6.74. The van der Waals surface area contributed by atoms with Crippen LogP contribution in [0, 0.1) is 5.82 Å². The highest BCUT2D eigenvalue weighted by Gasteiger charge is 2.20. The first-order valence-electron chi connectivity index (χ1n) is 9.25. The number of anilines is 1. The van der Waals surface area contributed by atoms with Gasteiger partial charge in [0.15, 0.2) is 0 Å². The lowest BCUT2D eigenvalue weighted by Crippen LogP contribution is -2.31. The molecule has 2 heterocycles. The summed E-state index contributed by atoms with van der Waals surface area (Å²) in [6, 6.07) is 11.0.